The lowest BCUT2D eigenvalue weighted by molar-refractivity contribution is -0.306. The van der Waals surface area contributed by atoms with Gasteiger partial charge < -0.3 is 58.1 Å². The average Bonchev–Trinajstić information content (AvgIpc) is 3.17. The number of cyclic esters (lactones) is 1. The molecule has 342 valence electrons. The van der Waals surface area contributed by atoms with Gasteiger partial charge in [0.2, 0.25) is 0 Å². The number of carbonyl (C=O) groups excluding carboxylic acids is 4. The zero-order valence-electron chi connectivity index (χ0n) is 37.4. The van der Waals surface area contributed by atoms with Gasteiger partial charge in [-0.1, -0.05) is 44.6 Å². The van der Waals surface area contributed by atoms with E-state index in [-0.39, 0.29) is 31.0 Å². The maximum Gasteiger partial charge on any atom is 0.308 e. The van der Waals surface area contributed by atoms with Gasteiger partial charge in [0.05, 0.1) is 49.6 Å². The van der Waals surface area contributed by atoms with Crippen molar-refractivity contribution in [3.63, 3.8) is 0 Å². The number of methoxy groups -OCH3 is 2. The number of ether oxygens (including phenoxy) is 8. The normalized spacial score (nSPS) is 40.5. The van der Waals surface area contributed by atoms with Gasteiger partial charge in [-0.25, -0.2) is 0 Å². The Morgan fingerprint density at radius 3 is 2.13 bits per heavy atom. The van der Waals surface area contributed by atoms with Crippen molar-refractivity contribution in [2.45, 2.75) is 161 Å². The third-order valence-corrected chi connectivity index (χ3v) is 11.8. The molecule has 0 spiro atoms. The lowest BCUT2D eigenvalue weighted by Gasteiger charge is -2.46. The topological polar surface area (TPSA) is 206 Å². The quantitative estimate of drug-likeness (QED) is 0.180. The highest BCUT2D eigenvalue weighted by Gasteiger charge is 2.49. The van der Waals surface area contributed by atoms with Crippen LogP contribution in [0.1, 0.15) is 81.1 Å². The molecular weight excluding hydrogens is 782 g/mol. The van der Waals surface area contributed by atoms with Crippen molar-refractivity contribution in [2.75, 3.05) is 34.9 Å². The molecule has 3 aliphatic heterocycles. The first-order valence-corrected chi connectivity index (χ1v) is 21.0. The Morgan fingerprint density at radius 2 is 1.55 bits per heavy atom. The van der Waals surface area contributed by atoms with Crippen LogP contribution in [-0.4, -0.2) is 158 Å². The Kier molecular flexibility index (Phi) is 20.6. The molecule has 0 radical (unpaired) electrons. The molecule has 3 heterocycles. The van der Waals surface area contributed by atoms with Crippen LogP contribution in [0.15, 0.2) is 36.0 Å². The third-order valence-electron chi connectivity index (χ3n) is 11.8. The van der Waals surface area contributed by atoms with Crippen LogP contribution < -0.4 is 0 Å². The van der Waals surface area contributed by atoms with Gasteiger partial charge >= 0.3 is 11.9 Å². The van der Waals surface area contributed by atoms with Crippen molar-refractivity contribution in [3.8, 4) is 0 Å². The van der Waals surface area contributed by atoms with Crippen LogP contribution in [0.4, 0.5) is 0 Å². The van der Waals surface area contributed by atoms with E-state index in [0.717, 1.165) is 0 Å². The molecule has 0 aromatic carbocycles. The largest absolute Gasteiger partial charge is 0.462 e. The van der Waals surface area contributed by atoms with E-state index in [1.165, 1.54) is 40.2 Å². The predicted octanol–water partition coefficient (Wildman–Crippen LogP) is 3.08. The van der Waals surface area contributed by atoms with Crippen molar-refractivity contribution >= 4 is 23.5 Å². The van der Waals surface area contributed by atoms with Gasteiger partial charge in [0, 0.05) is 38.9 Å². The van der Waals surface area contributed by atoms with E-state index in [1.807, 2.05) is 19.9 Å². The number of allylic oxidation sites excluding steroid dienone is 5. The summed E-state index contributed by atoms with van der Waals surface area (Å²) in [7, 11) is 6.40. The molecule has 0 aromatic rings. The molecule has 60 heavy (non-hydrogen) atoms. The van der Waals surface area contributed by atoms with E-state index in [9.17, 15) is 34.5 Å². The molecule has 0 aliphatic carbocycles. The maximum atomic E-state index is 13.8. The minimum absolute atomic E-state index is 0.0116. The number of likely N-dealkylation sites (N-methyl/N-ethyl adjacent to an activating group) is 1. The molecule has 3 N–H and O–H groups in total. The van der Waals surface area contributed by atoms with E-state index in [2.05, 4.69) is 0 Å². The molecule has 0 unspecified atom stereocenters. The lowest BCUT2D eigenvalue weighted by atomic mass is 9.79. The van der Waals surface area contributed by atoms with Gasteiger partial charge in [0.1, 0.15) is 24.4 Å². The first kappa shape index (κ1) is 51.5. The van der Waals surface area contributed by atoms with Crippen molar-refractivity contribution in [3.05, 3.63) is 36.0 Å². The van der Waals surface area contributed by atoms with E-state index in [4.69, 9.17) is 37.9 Å². The van der Waals surface area contributed by atoms with E-state index < -0.39 is 122 Å². The van der Waals surface area contributed by atoms with Gasteiger partial charge in [-0.05, 0) is 79.1 Å². The second kappa shape index (κ2) is 24.1. The summed E-state index contributed by atoms with van der Waals surface area (Å²) in [5.41, 5.74) is 0.697. The van der Waals surface area contributed by atoms with Gasteiger partial charge in [-0.2, -0.15) is 0 Å². The zero-order chi connectivity index (χ0) is 45.0. The number of nitrogens with zero attached hydrogens (tertiary/aromatic N) is 1. The van der Waals surface area contributed by atoms with Gasteiger partial charge in [-0.15, -0.1) is 0 Å². The van der Waals surface area contributed by atoms with Crippen LogP contribution in [0, 0.1) is 23.7 Å². The van der Waals surface area contributed by atoms with Crippen LogP contribution in [0.2, 0.25) is 0 Å². The summed E-state index contributed by atoms with van der Waals surface area (Å²) in [5.74, 6) is -3.90. The highest BCUT2D eigenvalue weighted by Crippen LogP contribution is 2.35. The number of aliphatic hydroxyl groups excluding tert-OH is 3. The Hall–Kier alpha value is -2.90. The van der Waals surface area contributed by atoms with Crippen LogP contribution in [0.3, 0.4) is 0 Å². The summed E-state index contributed by atoms with van der Waals surface area (Å²) < 4.78 is 48.1. The smallest absolute Gasteiger partial charge is 0.308 e. The number of hydrogen-bond donors (Lipinski definition) is 3. The minimum atomic E-state index is -1.31. The van der Waals surface area contributed by atoms with Crippen molar-refractivity contribution in [1.29, 1.82) is 0 Å². The van der Waals surface area contributed by atoms with Crippen LogP contribution in [0.5, 0.6) is 0 Å². The third kappa shape index (κ3) is 14.1. The number of carbonyl (C=O) groups is 4. The Balaban J connectivity index is 2.01. The van der Waals surface area contributed by atoms with Gasteiger partial charge in [0.25, 0.3) is 0 Å². The molecule has 16 nitrogen and oxygen atoms in total. The molecular formula is C44H71NO15. The summed E-state index contributed by atoms with van der Waals surface area (Å²) in [4.78, 5) is 53.0. The van der Waals surface area contributed by atoms with Crippen LogP contribution in [0.25, 0.3) is 0 Å². The van der Waals surface area contributed by atoms with E-state index >= 15 is 0 Å². The highest BCUT2D eigenvalue weighted by atomic mass is 16.7. The van der Waals surface area contributed by atoms with Crippen molar-refractivity contribution < 1.29 is 72.4 Å². The second-order valence-electron chi connectivity index (χ2n) is 16.8. The van der Waals surface area contributed by atoms with Crippen molar-refractivity contribution in [2.24, 2.45) is 23.7 Å². The molecule has 2 saturated heterocycles. The SMILES string of the molecule is CC[C@H]1OC(=O)C[C@@H](O)[C@H](C)[C@@H](O[C@H]2O[C@@H](C)[C@H](O)[C@@H](N(C)C)[C@@H]2O)[C@@H](C/C=C/C(C)=O)C[C@@H](C)C(=O)/C=C/C(C)=C/[C@@H]1CO[C@@H]1O[C@H](C)[C@@H](OC(C)=O)[C@@H](OC)[C@H]1OC. The molecule has 0 bridgehead atoms. The van der Waals surface area contributed by atoms with Gasteiger partial charge in [0.15, 0.2) is 30.3 Å². The molecule has 16 heteroatoms. The Morgan fingerprint density at radius 1 is 0.900 bits per heavy atom. The molecule has 17 atom stereocenters. The average molecular weight is 854 g/mol. The summed E-state index contributed by atoms with van der Waals surface area (Å²) in [6, 6.07) is -0.742. The number of hydrogen-bond acceptors (Lipinski definition) is 16. The maximum absolute atomic E-state index is 13.8. The minimum Gasteiger partial charge on any atom is -0.462 e. The zero-order valence-corrected chi connectivity index (χ0v) is 37.4. The predicted molar refractivity (Wildman–Crippen MR) is 219 cm³/mol. The molecule has 3 rings (SSSR count). The summed E-state index contributed by atoms with van der Waals surface area (Å²) in [5, 5.41) is 34.1. The highest BCUT2D eigenvalue weighted by molar-refractivity contribution is 5.91. The first-order chi connectivity index (χ1) is 28.2. The fourth-order valence-electron chi connectivity index (χ4n) is 8.38. The Labute approximate surface area is 355 Å². The number of aliphatic hydroxyl groups is 3. The second-order valence-corrected chi connectivity index (χ2v) is 16.8. The first-order valence-electron chi connectivity index (χ1n) is 21.0. The molecule has 0 amide bonds. The van der Waals surface area contributed by atoms with E-state index in [1.54, 1.807) is 58.8 Å². The fraction of sp³-hybridized carbons (Fsp3) is 0.773. The summed E-state index contributed by atoms with van der Waals surface area (Å²) >= 11 is 0. The monoisotopic (exact) mass is 853 g/mol. The van der Waals surface area contributed by atoms with Crippen LogP contribution >= 0.6 is 0 Å². The molecule has 2 fully saturated rings. The molecule has 0 aromatic heterocycles. The van der Waals surface area contributed by atoms with E-state index in [0.29, 0.717) is 12.0 Å². The number of esters is 2. The van der Waals surface area contributed by atoms with Crippen molar-refractivity contribution in [1.82, 2.24) is 4.90 Å². The summed E-state index contributed by atoms with van der Waals surface area (Å²) in [6.07, 6.45) is -2.41. The molecule has 3 aliphatic rings. The lowest BCUT2D eigenvalue weighted by Crippen LogP contribution is -2.63. The standard InChI is InChI=1S/C44H71NO15/c1-13-34-31(22-55-44-42(54-12)41(53-11)40(28(7)57-44)58-29(8)47)19-23(2)17-18-32(48)24(3)20-30(16-14-15-25(4)46)39(26(5)33(49)21-35(50)59-34)60-43-38(52)36(45(9)10)37(51)27(6)56-43/h14-15,17-19,24,26-28,30-31,33-34,36-44,49,51-52H,13,16,20-22H2,1-12H3/b15-14+,18-17+,23-19+/t24-,26+,27+,28-,30+,31-,33-,34-,36-,37+,38+,39-,40-,41-,42-,43-,44-/m1/s1. The van der Waals surface area contributed by atoms with Crippen LogP contribution in [-0.2, 0) is 57.1 Å². The molecule has 0 saturated carbocycles. The Bertz CT molecular complexity index is 1500. The fourth-order valence-corrected chi connectivity index (χ4v) is 8.38. The number of rotatable bonds is 13. The summed E-state index contributed by atoms with van der Waals surface area (Å²) in [6.45, 7) is 13.3. The number of ketones is 2. The van der Waals surface area contributed by atoms with Gasteiger partial charge in [-0.3, -0.25) is 19.2 Å².